The minimum atomic E-state index is -0.332. The molecular weight excluding hydrogens is 435 g/mol. The monoisotopic (exact) mass is 464 g/mol. The van der Waals surface area contributed by atoms with E-state index in [0.717, 1.165) is 17.5 Å². The molecule has 4 rings (SSSR count). The molecule has 2 atom stereocenters. The van der Waals surface area contributed by atoms with Gasteiger partial charge in [0.05, 0.1) is 26.0 Å². The van der Waals surface area contributed by atoms with Crippen molar-refractivity contribution in [3.8, 4) is 0 Å². The lowest BCUT2D eigenvalue weighted by atomic mass is 10.1. The molecule has 0 bridgehead atoms. The molecule has 1 heterocycles. The van der Waals surface area contributed by atoms with Crippen LogP contribution in [0.3, 0.4) is 0 Å². The number of rotatable bonds is 11. The van der Waals surface area contributed by atoms with Gasteiger partial charge in [-0.3, -0.25) is 9.59 Å². The van der Waals surface area contributed by atoms with Crippen molar-refractivity contribution in [3.05, 3.63) is 95.7 Å². The molecule has 178 valence electrons. The van der Waals surface area contributed by atoms with Gasteiger partial charge in [-0.2, -0.15) is 0 Å². The first kappa shape index (κ1) is 23.7. The topological polar surface area (TPSA) is 63.0 Å². The first-order chi connectivity index (χ1) is 16.5. The fourth-order valence-electron chi connectivity index (χ4n) is 4.14. The first-order valence-corrected chi connectivity index (χ1v) is 11.4. The average molecular weight is 465 g/mol. The Bertz CT molecular complexity index is 1070. The molecule has 0 N–H and O–H groups in total. The van der Waals surface area contributed by atoms with Crippen LogP contribution in [0.1, 0.15) is 29.2 Å². The number of ether oxygens (including phenoxy) is 1. The van der Waals surface area contributed by atoms with Gasteiger partial charge in [0.1, 0.15) is 11.6 Å². The summed E-state index contributed by atoms with van der Waals surface area (Å²) in [6, 6.07) is 19.6. The van der Waals surface area contributed by atoms with Gasteiger partial charge in [-0.1, -0.05) is 42.5 Å². The molecule has 0 radical (unpaired) electrons. The van der Waals surface area contributed by atoms with E-state index in [4.69, 9.17) is 9.15 Å². The number of carbonyl (C=O) groups excluding carboxylic acids is 2. The van der Waals surface area contributed by atoms with Gasteiger partial charge in [-0.25, -0.2) is 4.39 Å². The van der Waals surface area contributed by atoms with Gasteiger partial charge in [0.2, 0.25) is 11.8 Å². The number of hydrogen-bond donors (Lipinski definition) is 0. The zero-order chi connectivity index (χ0) is 23.9. The number of nitrogens with zero attached hydrogens (tertiary/aromatic N) is 2. The van der Waals surface area contributed by atoms with Crippen molar-refractivity contribution in [1.29, 1.82) is 0 Å². The molecule has 1 fully saturated rings. The number of furan rings is 1. The van der Waals surface area contributed by atoms with Crippen LogP contribution in [0.15, 0.2) is 77.4 Å². The van der Waals surface area contributed by atoms with Crippen molar-refractivity contribution < 1.29 is 23.1 Å². The molecule has 0 saturated heterocycles. The highest BCUT2D eigenvalue weighted by Crippen LogP contribution is 2.48. The maximum atomic E-state index is 13.4. The Morgan fingerprint density at radius 3 is 2.44 bits per heavy atom. The number of methoxy groups -OCH3 is 1. The summed E-state index contributed by atoms with van der Waals surface area (Å²) in [5.74, 6) is 0.133. The van der Waals surface area contributed by atoms with Crippen LogP contribution in [0, 0.1) is 11.7 Å². The second-order valence-corrected chi connectivity index (χ2v) is 8.57. The largest absolute Gasteiger partial charge is 0.467 e. The fraction of sp³-hybridized carbons (Fsp3) is 0.333. The van der Waals surface area contributed by atoms with Crippen molar-refractivity contribution >= 4 is 11.8 Å². The number of amides is 2. The lowest BCUT2D eigenvalue weighted by Gasteiger charge is -2.27. The van der Waals surface area contributed by atoms with Crippen LogP contribution < -0.4 is 0 Å². The Kier molecular flexibility index (Phi) is 7.75. The second-order valence-electron chi connectivity index (χ2n) is 8.57. The van der Waals surface area contributed by atoms with E-state index in [9.17, 15) is 14.0 Å². The third kappa shape index (κ3) is 6.11. The van der Waals surface area contributed by atoms with Crippen molar-refractivity contribution in [2.75, 3.05) is 26.8 Å². The normalized spacial score (nSPS) is 16.8. The van der Waals surface area contributed by atoms with Crippen LogP contribution in [-0.4, -0.2) is 48.4 Å². The molecule has 0 aliphatic heterocycles. The third-order valence-electron chi connectivity index (χ3n) is 6.10. The molecule has 0 spiro atoms. The Labute approximate surface area is 198 Å². The smallest absolute Gasteiger partial charge is 0.242 e. The SMILES string of the molecule is COCCN(CC(=O)N(Cc1ccc(F)cc1)Cc1ccco1)C(=O)[C@H]1C[C@H]1c1ccccc1. The van der Waals surface area contributed by atoms with Crippen LogP contribution >= 0.6 is 0 Å². The number of benzene rings is 2. The maximum absolute atomic E-state index is 13.4. The van der Waals surface area contributed by atoms with Crippen LogP contribution in [0.4, 0.5) is 4.39 Å². The van der Waals surface area contributed by atoms with Crippen molar-refractivity contribution in [1.82, 2.24) is 9.80 Å². The second kappa shape index (κ2) is 11.1. The molecule has 2 aromatic carbocycles. The van der Waals surface area contributed by atoms with Gasteiger partial charge >= 0.3 is 0 Å². The molecule has 1 saturated carbocycles. The van der Waals surface area contributed by atoms with E-state index in [1.807, 2.05) is 30.3 Å². The van der Waals surface area contributed by atoms with Gasteiger partial charge < -0.3 is 19.0 Å². The summed E-state index contributed by atoms with van der Waals surface area (Å²) < 4.78 is 24.0. The lowest BCUT2D eigenvalue weighted by Crippen LogP contribution is -2.44. The van der Waals surface area contributed by atoms with Gasteiger partial charge in [0, 0.05) is 26.1 Å². The number of hydrogen-bond acceptors (Lipinski definition) is 4. The van der Waals surface area contributed by atoms with Gasteiger partial charge in [-0.05, 0) is 47.7 Å². The summed E-state index contributed by atoms with van der Waals surface area (Å²) in [6.07, 6.45) is 2.34. The highest BCUT2D eigenvalue weighted by atomic mass is 19.1. The fourth-order valence-corrected chi connectivity index (χ4v) is 4.14. The third-order valence-corrected chi connectivity index (χ3v) is 6.10. The summed E-state index contributed by atoms with van der Waals surface area (Å²) in [7, 11) is 1.58. The summed E-state index contributed by atoms with van der Waals surface area (Å²) >= 11 is 0. The molecule has 2 amide bonds. The minimum Gasteiger partial charge on any atom is -0.467 e. The van der Waals surface area contributed by atoms with Crippen LogP contribution in [0.2, 0.25) is 0 Å². The zero-order valence-electron chi connectivity index (χ0n) is 19.2. The van der Waals surface area contributed by atoms with E-state index in [-0.39, 0.29) is 49.1 Å². The standard InChI is InChI=1S/C27H29FN2O4/c1-33-15-13-29(27(32)25-16-24(25)21-6-3-2-4-7-21)19-26(31)30(18-23-8-5-14-34-23)17-20-9-11-22(28)12-10-20/h2-12,14,24-25H,13,15-19H2,1H3/t24-,25-/m0/s1. The van der Waals surface area contributed by atoms with E-state index in [2.05, 4.69) is 0 Å². The van der Waals surface area contributed by atoms with E-state index < -0.39 is 0 Å². The first-order valence-electron chi connectivity index (χ1n) is 11.4. The van der Waals surface area contributed by atoms with Gasteiger partial charge in [0.15, 0.2) is 0 Å². The van der Waals surface area contributed by atoms with E-state index in [1.54, 1.807) is 47.4 Å². The molecule has 3 aromatic rings. The molecule has 7 heteroatoms. The summed E-state index contributed by atoms with van der Waals surface area (Å²) in [5.41, 5.74) is 1.94. The lowest BCUT2D eigenvalue weighted by molar-refractivity contribution is -0.142. The van der Waals surface area contributed by atoms with Gasteiger partial charge in [0.25, 0.3) is 0 Å². The molecule has 1 aromatic heterocycles. The molecule has 34 heavy (non-hydrogen) atoms. The number of halogens is 1. The van der Waals surface area contributed by atoms with Crippen LogP contribution in [0.5, 0.6) is 0 Å². The van der Waals surface area contributed by atoms with Crippen LogP contribution in [-0.2, 0) is 27.4 Å². The predicted octanol–water partition coefficient (Wildman–Crippen LogP) is 4.23. The molecule has 6 nitrogen and oxygen atoms in total. The van der Waals surface area contributed by atoms with Crippen LogP contribution in [0.25, 0.3) is 0 Å². The maximum Gasteiger partial charge on any atom is 0.242 e. The van der Waals surface area contributed by atoms with Crippen molar-refractivity contribution in [2.24, 2.45) is 5.92 Å². The Balaban J connectivity index is 1.46. The average Bonchev–Trinajstić information content (AvgIpc) is 3.50. The highest BCUT2D eigenvalue weighted by Gasteiger charge is 2.46. The van der Waals surface area contributed by atoms with E-state index >= 15 is 0 Å². The zero-order valence-corrected chi connectivity index (χ0v) is 19.2. The van der Waals surface area contributed by atoms with E-state index in [1.165, 1.54) is 12.1 Å². The quantitative estimate of drug-likeness (QED) is 0.426. The Hall–Kier alpha value is -3.45. The molecule has 1 aliphatic rings. The molecular formula is C27H29FN2O4. The highest BCUT2D eigenvalue weighted by molar-refractivity contribution is 5.88. The molecule has 1 aliphatic carbocycles. The molecule has 0 unspecified atom stereocenters. The Morgan fingerprint density at radius 2 is 1.76 bits per heavy atom. The van der Waals surface area contributed by atoms with Crippen molar-refractivity contribution in [3.63, 3.8) is 0 Å². The minimum absolute atomic E-state index is 0.0287. The number of carbonyl (C=O) groups is 2. The Morgan fingerprint density at radius 1 is 1.00 bits per heavy atom. The summed E-state index contributed by atoms with van der Waals surface area (Å²) in [5, 5.41) is 0. The summed E-state index contributed by atoms with van der Waals surface area (Å²) in [6.45, 7) is 1.16. The summed E-state index contributed by atoms with van der Waals surface area (Å²) in [4.78, 5) is 29.9. The van der Waals surface area contributed by atoms with Crippen molar-refractivity contribution in [2.45, 2.75) is 25.4 Å². The predicted molar refractivity (Wildman–Crippen MR) is 125 cm³/mol. The van der Waals surface area contributed by atoms with Gasteiger partial charge in [-0.15, -0.1) is 0 Å². The van der Waals surface area contributed by atoms with E-state index in [0.29, 0.717) is 18.9 Å².